The van der Waals surface area contributed by atoms with Crippen molar-refractivity contribution < 1.29 is 4.79 Å². The standard InChI is InChI=1S/C12H16N2OS2/c1-9(2)7-16-8-11(15)5-10-6-14-3-4-17-12(14)13-10/h3-4,6,9H,5,7-8H2,1-2H3. The van der Waals surface area contributed by atoms with Gasteiger partial charge in [0.25, 0.3) is 0 Å². The molecular weight excluding hydrogens is 252 g/mol. The van der Waals surface area contributed by atoms with Gasteiger partial charge in [-0.15, -0.1) is 11.3 Å². The summed E-state index contributed by atoms with van der Waals surface area (Å²) in [5.74, 6) is 2.56. The SMILES string of the molecule is CC(C)CSCC(=O)Cc1cn2ccsc2n1. The highest BCUT2D eigenvalue weighted by Crippen LogP contribution is 2.13. The van der Waals surface area contributed by atoms with Crippen molar-refractivity contribution in [3.05, 3.63) is 23.5 Å². The third-order valence-corrected chi connectivity index (χ3v) is 4.43. The molecule has 2 rings (SSSR count). The van der Waals surface area contributed by atoms with Crippen molar-refractivity contribution in [1.29, 1.82) is 0 Å². The monoisotopic (exact) mass is 268 g/mol. The van der Waals surface area contributed by atoms with E-state index in [-0.39, 0.29) is 5.78 Å². The Hall–Kier alpha value is -0.810. The minimum absolute atomic E-state index is 0.265. The highest BCUT2D eigenvalue weighted by atomic mass is 32.2. The third-order valence-electron chi connectivity index (χ3n) is 2.24. The predicted octanol–water partition coefficient (Wildman–Crippen LogP) is 2.90. The molecule has 0 bridgehead atoms. The van der Waals surface area contributed by atoms with Gasteiger partial charge in [-0.3, -0.25) is 9.20 Å². The summed E-state index contributed by atoms with van der Waals surface area (Å²) in [6.45, 7) is 4.34. The number of carbonyl (C=O) groups excluding carboxylic acids is 1. The number of hydrogen-bond donors (Lipinski definition) is 0. The molecule has 0 radical (unpaired) electrons. The summed E-state index contributed by atoms with van der Waals surface area (Å²) in [6, 6.07) is 0. The largest absolute Gasteiger partial charge is 0.298 e. The number of hydrogen-bond acceptors (Lipinski definition) is 4. The smallest absolute Gasteiger partial charge is 0.193 e. The maximum atomic E-state index is 11.7. The van der Waals surface area contributed by atoms with E-state index in [4.69, 9.17) is 0 Å². The van der Waals surface area contributed by atoms with Crippen LogP contribution < -0.4 is 0 Å². The van der Waals surface area contributed by atoms with Gasteiger partial charge in [0.2, 0.25) is 0 Å². The lowest BCUT2D eigenvalue weighted by Crippen LogP contribution is -2.07. The molecule has 0 N–H and O–H groups in total. The van der Waals surface area contributed by atoms with Crippen molar-refractivity contribution in [3.63, 3.8) is 0 Å². The Labute approximate surface area is 109 Å². The van der Waals surface area contributed by atoms with Crippen LogP contribution in [0, 0.1) is 5.92 Å². The van der Waals surface area contributed by atoms with Crippen molar-refractivity contribution in [2.24, 2.45) is 5.92 Å². The molecular formula is C12H16N2OS2. The number of thiazole rings is 1. The quantitative estimate of drug-likeness (QED) is 0.808. The van der Waals surface area contributed by atoms with Crippen molar-refractivity contribution >= 4 is 33.8 Å². The van der Waals surface area contributed by atoms with Gasteiger partial charge in [-0.25, -0.2) is 4.98 Å². The van der Waals surface area contributed by atoms with Crippen LogP contribution in [-0.4, -0.2) is 26.7 Å². The number of nitrogens with zero attached hydrogens (tertiary/aromatic N) is 2. The summed E-state index contributed by atoms with van der Waals surface area (Å²) in [5.41, 5.74) is 0.881. The van der Waals surface area contributed by atoms with Gasteiger partial charge in [0.1, 0.15) is 5.78 Å². The van der Waals surface area contributed by atoms with Crippen molar-refractivity contribution in [1.82, 2.24) is 9.38 Å². The topological polar surface area (TPSA) is 34.4 Å². The van der Waals surface area contributed by atoms with Gasteiger partial charge >= 0.3 is 0 Å². The molecule has 0 atom stereocenters. The molecule has 17 heavy (non-hydrogen) atoms. The number of rotatable bonds is 6. The zero-order valence-electron chi connectivity index (χ0n) is 10.0. The van der Waals surface area contributed by atoms with Crippen LogP contribution in [0.25, 0.3) is 4.96 Å². The molecule has 92 valence electrons. The molecule has 0 saturated heterocycles. The summed E-state index contributed by atoms with van der Waals surface area (Å²) in [6.07, 6.45) is 4.37. The zero-order valence-corrected chi connectivity index (χ0v) is 11.7. The summed E-state index contributed by atoms with van der Waals surface area (Å²) < 4.78 is 1.97. The Morgan fingerprint density at radius 3 is 3.12 bits per heavy atom. The summed E-state index contributed by atoms with van der Waals surface area (Å²) in [7, 11) is 0. The number of carbonyl (C=O) groups is 1. The van der Waals surface area contributed by atoms with Crippen LogP contribution in [0.1, 0.15) is 19.5 Å². The number of thioether (sulfide) groups is 1. The minimum Gasteiger partial charge on any atom is -0.298 e. The van der Waals surface area contributed by atoms with E-state index in [1.807, 2.05) is 22.2 Å². The zero-order chi connectivity index (χ0) is 12.3. The fourth-order valence-electron chi connectivity index (χ4n) is 1.52. The molecule has 0 saturated carbocycles. The molecule has 0 aromatic carbocycles. The van der Waals surface area contributed by atoms with Crippen molar-refractivity contribution in [2.75, 3.05) is 11.5 Å². The van der Waals surface area contributed by atoms with Crippen LogP contribution in [0.5, 0.6) is 0 Å². The molecule has 2 aromatic rings. The van der Waals surface area contributed by atoms with Crippen molar-refractivity contribution in [2.45, 2.75) is 20.3 Å². The van der Waals surface area contributed by atoms with E-state index in [1.165, 1.54) is 0 Å². The van der Waals surface area contributed by atoms with E-state index in [1.54, 1.807) is 23.1 Å². The van der Waals surface area contributed by atoms with Crippen LogP contribution in [0.4, 0.5) is 0 Å². The van der Waals surface area contributed by atoms with Crippen LogP contribution >= 0.6 is 23.1 Å². The van der Waals surface area contributed by atoms with Gasteiger partial charge in [-0.1, -0.05) is 13.8 Å². The Kier molecular flexibility index (Phi) is 4.23. The lowest BCUT2D eigenvalue weighted by atomic mass is 10.2. The molecule has 0 aliphatic rings. The van der Waals surface area contributed by atoms with Crippen LogP contribution in [0.15, 0.2) is 17.8 Å². The number of fused-ring (bicyclic) bond motifs is 1. The van der Waals surface area contributed by atoms with E-state index < -0.39 is 0 Å². The Morgan fingerprint density at radius 2 is 2.41 bits per heavy atom. The van der Waals surface area contributed by atoms with Gasteiger partial charge in [0.15, 0.2) is 4.96 Å². The molecule has 2 heterocycles. The highest BCUT2D eigenvalue weighted by Gasteiger charge is 2.08. The van der Waals surface area contributed by atoms with Gasteiger partial charge < -0.3 is 0 Å². The second-order valence-electron chi connectivity index (χ2n) is 4.45. The molecule has 0 unspecified atom stereocenters. The van der Waals surface area contributed by atoms with Crippen LogP contribution in [0.2, 0.25) is 0 Å². The highest BCUT2D eigenvalue weighted by molar-refractivity contribution is 7.99. The van der Waals surface area contributed by atoms with E-state index in [0.717, 1.165) is 16.4 Å². The molecule has 0 aliphatic heterocycles. The van der Waals surface area contributed by atoms with Gasteiger partial charge in [0, 0.05) is 17.8 Å². The third kappa shape index (κ3) is 3.57. The Bertz CT molecular complexity index is 473. The number of ketones is 1. The average Bonchev–Trinajstić information content (AvgIpc) is 2.76. The normalized spacial score (nSPS) is 11.5. The summed E-state index contributed by atoms with van der Waals surface area (Å²) >= 11 is 3.31. The number of aromatic nitrogens is 2. The number of Topliss-reactive ketones (excluding diaryl/α,β-unsaturated/α-hetero) is 1. The molecule has 0 spiro atoms. The fourth-order valence-corrected chi connectivity index (χ4v) is 3.16. The lowest BCUT2D eigenvalue weighted by molar-refractivity contribution is -0.116. The maximum Gasteiger partial charge on any atom is 0.193 e. The van der Waals surface area contributed by atoms with E-state index in [9.17, 15) is 4.79 Å². The first-order valence-electron chi connectivity index (χ1n) is 5.65. The molecule has 0 amide bonds. The molecule has 0 fully saturated rings. The predicted molar refractivity (Wildman–Crippen MR) is 73.9 cm³/mol. The minimum atomic E-state index is 0.265. The maximum absolute atomic E-state index is 11.7. The summed E-state index contributed by atoms with van der Waals surface area (Å²) in [5, 5.41) is 1.99. The first-order valence-corrected chi connectivity index (χ1v) is 7.69. The average molecular weight is 268 g/mol. The molecule has 5 heteroatoms. The Morgan fingerprint density at radius 1 is 1.59 bits per heavy atom. The lowest BCUT2D eigenvalue weighted by Gasteiger charge is -2.02. The molecule has 3 nitrogen and oxygen atoms in total. The first-order chi connectivity index (χ1) is 8.15. The molecule has 2 aromatic heterocycles. The van der Waals surface area contributed by atoms with Crippen molar-refractivity contribution in [3.8, 4) is 0 Å². The van der Waals surface area contributed by atoms with Crippen LogP contribution in [0.3, 0.4) is 0 Å². The second-order valence-corrected chi connectivity index (χ2v) is 6.35. The van der Waals surface area contributed by atoms with E-state index in [0.29, 0.717) is 18.1 Å². The number of imidazole rings is 1. The molecule has 0 aliphatic carbocycles. The van der Waals surface area contributed by atoms with Gasteiger partial charge in [-0.2, -0.15) is 11.8 Å². The van der Waals surface area contributed by atoms with E-state index >= 15 is 0 Å². The van der Waals surface area contributed by atoms with Gasteiger partial charge in [-0.05, 0) is 11.7 Å². The second kappa shape index (κ2) is 5.69. The van der Waals surface area contributed by atoms with Gasteiger partial charge in [0.05, 0.1) is 17.9 Å². The van der Waals surface area contributed by atoms with Crippen LogP contribution in [-0.2, 0) is 11.2 Å². The summed E-state index contributed by atoms with van der Waals surface area (Å²) in [4.78, 5) is 17.1. The first kappa shape index (κ1) is 12.6. The fraction of sp³-hybridized carbons (Fsp3) is 0.500. The van der Waals surface area contributed by atoms with E-state index in [2.05, 4.69) is 18.8 Å². The Balaban J connectivity index is 1.84.